The van der Waals surface area contributed by atoms with Gasteiger partial charge < -0.3 is 20.7 Å². The van der Waals surface area contributed by atoms with E-state index in [1.165, 1.54) is 4.90 Å². The predicted octanol–water partition coefficient (Wildman–Crippen LogP) is 1.17. The van der Waals surface area contributed by atoms with E-state index in [1.54, 1.807) is 26.2 Å². The first-order valence-corrected chi connectivity index (χ1v) is 7.26. The van der Waals surface area contributed by atoms with Crippen LogP contribution in [0.15, 0.2) is 24.3 Å². The van der Waals surface area contributed by atoms with Crippen LogP contribution in [-0.4, -0.2) is 43.5 Å². The summed E-state index contributed by atoms with van der Waals surface area (Å²) in [6.07, 6.45) is 0. The zero-order valence-corrected chi connectivity index (χ0v) is 14.9. The van der Waals surface area contributed by atoms with Crippen LogP contribution < -0.4 is 15.8 Å². The van der Waals surface area contributed by atoms with Gasteiger partial charge in [-0.3, -0.25) is 9.59 Å². The molecule has 1 aromatic carbocycles. The van der Waals surface area contributed by atoms with Gasteiger partial charge in [0, 0.05) is 20.6 Å². The molecule has 0 aliphatic heterocycles. The normalized spacial score (nSPS) is 11.4. The topological polar surface area (TPSA) is 84.7 Å². The van der Waals surface area contributed by atoms with E-state index in [0.29, 0.717) is 12.3 Å². The Morgan fingerprint density at radius 3 is 2.52 bits per heavy atom. The van der Waals surface area contributed by atoms with Crippen LogP contribution in [0, 0.1) is 5.92 Å². The smallest absolute Gasteiger partial charge is 0.259 e. The summed E-state index contributed by atoms with van der Waals surface area (Å²) < 4.78 is 5.43. The van der Waals surface area contributed by atoms with E-state index < -0.39 is 6.04 Å². The van der Waals surface area contributed by atoms with Crippen molar-refractivity contribution in [3.63, 3.8) is 0 Å². The molecule has 23 heavy (non-hydrogen) atoms. The van der Waals surface area contributed by atoms with Gasteiger partial charge in [-0.05, 0) is 23.6 Å². The lowest BCUT2D eigenvalue weighted by atomic mass is 10.0. The Hall–Kier alpha value is -1.79. The summed E-state index contributed by atoms with van der Waals surface area (Å²) in [5.41, 5.74) is 6.67. The molecule has 2 amide bonds. The fourth-order valence-electron chi connectivity index (χ4n) is 1.63. The second-order valence-corrected chi connectivity index (χ2v) is 5.71. The maximum Gasteiger partial charge on any atom is 0.259 e. The molecule has 0 unspecified atom stereocenters. The second-order valence-electron chi connectivity index (χ2n) is 5.71. The van der Waals surface area contributed by atoms with Crippen molar-refractivity contribution >= 4 is 24.2 Å². The van der Waals surface area contributed by atoms with Crippen LogP contribution in [0.25, 0.3) is 0 Å². The summed E-state index contributed by atoms with van der Waals surface area (Å²) in [7, 11) is 3.35. The number of nitrogens with one attached hydrogen (secondary N) is 1. The number of likely N-dealkylation sites (N-methyl/N-ethyl adjacent to an activating group) is 1. The van der Waals surface area contributed by atoms with Gasteiger partial charge in [0.1, 0.15) is 5.75 Å². The standard InChI is InChI=1S/C16H25N3O3.ClH/c1-11(2)15(17)16(21)18-9-12-6-5-7-13(8-12)22-10-14(20)19(3)4;/h5-8,11,15H,9-10,17H2,1-4H3,(H,18,21);1H/t15-;/m0./s1. The minimum absolute atomic E-state index is 0. The van der Waals surface area contributed by atoms with E-state index in [2.05, 4.69) is 5.32 Å². The zero-order chi connectivity index (χ0) is 16.7. The minimum Gasteiger partial charge on any atom is -0.484 e. The molecule has 0 spiro atoms. The van der Waals surface area contributed by atoms with Crippen molar-refractivity contribution in [2.75, 3.05) is 20.7 Å². The van der Waals surface area contributed by atoms with Crippen molar-refractivity contribution in [2.45, 2.75) is 26.4 Å². The molecule has 0 bridgehead atoms. The van der Waals surface area contributed by atoms with Gasteiger partial charge in [0.2, 0.25) is 5.91 Å². The fourth-order valence-corrected chi connectivity index (χ4v) is 1.63. The molecule has 0 radical (unpaired) electrons. The van der Waals surface area contributed by atoms with E-state index in [0.717, 1.165) is 5.56 Å². The van der Waals surface area contributed by atoms with E-state index in [9.17, 15) is 9.59 Å². The summed E-state index contributed by atoms with van der Waals surface area (Å²) in [6, 6.07) is 6.75. The highest BCUT2D eigenvalue weighted by molar-refractivity contribution is 5.85. The number of carbonyl (C=O) groups excluding carboxylic acids is 2. The van der Waals surface area contributed by atoms with Crippen LogP contribution in [0.1, 0.15) is 19.4 Å². The Bertz CT molecular complexity index is 521. The van der Waals surface area contributed by atoms with E-state index >= 15 is 0 Å². The van der Waals surface area contributed by atoms with Crippen molar-refractivity contribution < 1.29 is 14.3 Å². The number of nitrogens with two attached hydrogens (primary N) is 1. The number of hydrogen-bond donors (Lipinski definition) is 2. The molecule has 0 fully saturated rings. The van der Waals surface area contributed by atoms with Crippen LogP contribution in [0.5, 0.6) is 5.75 Å². The lowest BCUT2D eigenvalue weighted by Gasteiger charge is -2.15. The van der Waals surface area contributed by atoms with Crippen molar-refractivity contribution in [1.29, 1.82) is 0 Å². The van der Waals surface area contributed by atoms with Gasteiger partial charge in [-0.25, -0.2) is 0 Å². The Morgan fingerprint density at radius 2 is 1.96 bits per heavy atom. The maximum absolute atomic E-state index is 11.8. The Labute approximate surface area is 143 Å². The zero-order valence-electron chi connectivity index (χ0n) is 14.0. The molecular weight excluding hydrogens is 318 g/mol. The van der Waals surface area contributed by atoms with Crippen molar-refractivity contribution in [2.24, 2.45) is 11.7 Å². The molecule has 6 nitrogen and oxygen atoms in total. The number of amides is 2. The van der Waals surface area contributed by atoms with E-state index in [1.807, 2.05) is 26.0 Å². The number of ether oxygens (including phenoxy) is 1. The molecule has 7 heteroatoms. The lowest BCUT2D eigenvalue weighted by Crippen LogP contribution is -2.43. The third kappa shape index (κ3) is 7.34. The Kier molecular flexibility index (Phi) is 9.29. The molecule has 0 aliphatic rings. The highest BCUT2D eigenvalue weighted by Crippen LogP contribution is 2.13. The van der Waals surface area contributed by atoms with Crippen LogP contribution in [-0.2, 0) is 16.1 Å². The fraction of sp³-hybridized carbons (Fsp3) is 0.500. The number of halogens is 1. The SMILES string of the molecule is CC(C)[C@H](N)C(=O)NCc1cccc(OCC(=O)N(C)C)c1.Cl. The molecule has 130 valence electrons. The number of nitrogens with zero attached hydrogens (tertiary/aromatic N) is 1. The number of benzene rings is 1. The summed E-state index contributed by atoms with van der Waals surface area (Å²) >= 11 is 0. The molecule has 1 rings (SSSR count). The molecule has 0 saturated carbocycles. The molecule has 0 aromatic heterocycles. The summed E-state index contributed by atoms with van der Waals surface area (Å²) in [6.45, 7) is 4.17. The molecule has 0 aliphatic carbocycles. The molecule has 3 N–H and O–H groups in total. The highest BCUT2D eigenvalue weighted by atomic mass is 35.5. The molecule has 1 aromatic rings. The number of rotatable bonds is 7. The first kappa shape index (κ1) is 21.2. The highest BCUT2D eigenvalue weighted by Gasteiger charge is 2.16. The first-order valence-electron chi connectivity index (χ1n) is 7.26. The first-order chi connectivity index (χ1) is 10.3. The molecule has 1 atom stereocenters. The molecule has 0 heterocycles. The van der Waals surface area contributed by atoms with Gasteiger partial charge in [0.05, 0.1) is 6.04 Å². The maximum atomic E-state index is 11.8. The number of carbonyl (C=O) groups is 2. The third-order valence-electron chi connectivity index (χ3n) is 3.25. The van der Waals surface area contributed by atoms with Gasteiger partial charge in [-0.1, -0.05) is 26.0 Å². The van der Waals surface area contributed by atoms with E-state index in [4.69, 9.17) is 10.5 Å². The average molecular weight is 344 g/mol. The summed E-state index contributed by atoms with van der Waals surface area (Å²) in [4.78, 5) is 24.8. The summed E-state index contributed by atoms with van der Waals surface area (Å²) in [5, 5.41) is 2.80. The third-order valence-corrected chi connectivity index (χ3v) is 3.25. The average Bonchev–Trinajstić information content (AvgIpc) is 2.49. The second kappa shape index (κ2) is 10.1. The van der Waals surface area contributed by atoms with Crippen molar-refractivity contribution in [3.8, 4) is 5.75 Å². The predicted molar refractivity (Wildman–Crippen MR) is 92.5 cm³/mol. The monoisotopic (exact) mass is 343 g/mol. The van der Waals surface area contributed by atoms with Gasteiger partial charge in [-0.2, -0.15) is 0 Å². The van der Waals surface area contributed by atoms with Gasteiger partial charge >= 0.3 is 0 Å². The Morgan fingerprint density at radius 1 is 1.30 bits per heavy atom. The van der Waals surface area contributed by atoms with Crippen molar-refractivity contribution in [1.82, 2.24) is 10.2 Å². The van der Waals surface area contributed by atoms with E-state index in [-0.39, 0.29) is 36.7 Å². The van der Waals surface area contributed by atoms with Crippen LogP contribution in [0.4, 0.5) is 0 Å². The van der Waals surface area contributed by atoms with Gasteiger partial charge in [0.25, 0.3) is 5.91 Å². The Balaban J connectivity index is 0.00000484. The van der Waals surface area contributed by atoms with Gasteiger partial charge in [-0.15, -0.1) is 12.4 Å². The summed E-state index contributed by atoms with van der Waals surface area (Å²) in [5.74, 6) is 0.396. The number of hydrogen-bond acceptors (Lipinski definition) is 4. The molecule has 0 saturated heterocycles. The van der Waals surface area contributed by atoms with Crippen LogP contribution in [0.2, 0.25) is 0 Å². The van der Waals surface area contributed by atoms with Gasteiger partial charge in [0.15, 0.2) is 6.61 Å². The molecular formula is C16H26ClN3O3. The minimum atomic E-state index is -0.517. The quantitative estimate of drug-likeness (QED) is 0.778. The lowest BCUT2D eigenvalue weighted by molar-refractivity contribution is -0.130. The largest absolute Gasteiger partial charge is 0.484 e. The van der Waals surface area contributed by atoms with Crippen LogP contribution in [0.3, 0.4) is 0 Å². The van der Waals surface area contributed by atoms with Crippen molar-refractivity contribution in [3.05, 3.63) is 29.8 Å². The van der Waals surface area contributed by atoms with Crippen LogP contribution >= 0.6 is 12.4 Å².